The highest BCUT2D eigenvalue weighted by atomic mass is 16.6. The predicted octanol–water partition coefficient (Wildman–Crippen LogP) is 5.44. The summed E-state index contributed by atoms with van der Waals surface area (Å²) in [5, 5.41) is 7.45. The third-order valence-corrected chi connectivity index (χ3v) is 5.76. The highest BCUT2D eigenvalue weighted by molar-refractivity contribution is 5.97. The zero-order valence-corrected chi connectivity index (χ0v) is 18.0. The van der Waals surface area contributed by atoms with Crippen LogP contribution in [0.5, 0.6) is 5.88 Å². The van der Waals surface area contributed by atoms with Crippen molar-refractivity contribution in [3.63, 3.8) is 0 Å². The molecule has 0 spiro atoms. The second-order valence-corrected chi connectivity index (χ2v) is 8.15. The van der Waals surface area contributed by atoms with E-state index in [1.54, 1.807) is 13.0 Å². The first-order valence-corrected chi connectivity index (χ1v) is 10.7. The molecule has 0 radical (unpaired) electrons. The van der Waals surface area contributed by atoms with Crippen LogP contribution in [-0.2, 0) is 0 Å². The maximum Gasteiger partial charge on any atom is 0.418 e. The van der Waals surface area contributed by atoms with Crippen LogP contribution in [0.15, 0.2) is 65.2 Å². The molecule has 1 N–H and O–H groups in total. The van der Waals surface area contributed by atoms with Crippen molar-refractivity contribution in [2.75, 3.05) is 23.3 Å². The number of carbonyl (C=O) groups excluding carboxylic acids is 1. The quantitative estimate of drug-likeness (QED) is 0.466. The molecule has 1 aliphatic rings. The number of aryl methyl sites for hydroxylation is 2. The summed E-state index contributed by atoms with van der Waals surface area (Å²) in [6, 6.07) is 20.0. The van der Waals surface area contributed by atoms with Gasteiger partial charge in [0.2, 0.25) is 0 Å². The first kappa shape index (κ1) is 20.1. The fourth-order valence-corrected chi connectivity index (χ4v) is 4.28. The average Bonchev–Trinajstić information content (AvgIpc) is 3.43. The Morgan fingerprint density at radius 2 is 1.97 bits per heavy atom. The number of anilines is 2. The van der Waals surface area contributed by atoms with E-state index in [-0.39, 0.29) is 5.88 Å². The van der Waals surface area contributed by atoms with Crippen LogP contribution >= 0.6 is 0 Å². The molecule has 32 heavy (non-hydrogen) atoms. The number of benzene rings is 2. The topological polar surface area (TPSA) is 80.5 Å². The zero-order chi connectivity index (χ0) is 22.1. The van der Waals surface area contributed by atoms with Gasteiger partial charge in [0.05, 0.1) is 5.52 Å². The molecule has 0 saturated carbocycles. The van der Waals surface area contributed by atoms with E-state index in [0.29, 0.717) is 17.4 Å². The van der Waals surface area contributed by atoms with Crippen molar-refractivity contribution in [1.29, 1.82) is 0 Å². The van der Waals surface area contributed by atoms with E-state index in [0.717, 1.165) is 41.8 Å². The zero-order valence-electron chi connectivity index (χ0n) is 18.0. The fraction of sp³-hybridized carbons (Fsp3) is 0.240. The minimum Gasteiger partial charge on any atom is -0.388 e. The van der Waals surface area contributed by atoms with Gasteiger partial charge in [-0.25, -0.2) is 4.79 Å². The lowest BCUT2D eigenvalue weighted by Gasteiger charge is -2.22. The smallest absolute Gasteiger partial charge is 0.388 e. The van der Waals surface area contributed by atoms with Gasteiger partial charge in [0.25, 0.3) is 5.88 Å². The molecule has 1 amide bonds. The minimum atomic E-state index is -0.621. The van der Waals surface area contributed by atoms with Crippen molar-refractivity contribution in [2.24, 2.45) is 0 Å². The van der Waals surface area contributed by atoms with E-state index < -0.39 is 6.09 Å². The van der Waals surface area contributed by atoms with Gasteiger partial charge in [-0.3, -0.25) is 10.3 Å². The number of nitrogens with zero attached hydrogens (tertiary/aromatic N) is 3. The van der Waals surface area contributed by atoms with Crippen molar-refractivity contribution in [3.05, 3.63) is 77.7 Å². The van der Waals surface area contributed by atoms with Crippen LogP contribution in [0.25, 0.3) is 10.9 Å². The van der Waals surface area contributed by atoms with Gasteiger partial charge in [0.15, 0.2) is 0 Å². The van der Waals surface area contributed by atoms with Crippen LogP contribution in [0.3, 0.4) is 0 Å². The molecule has 0 bridgehead atoms. The number of hydrogen-bond donors (Lipinski definition) is 1. The Labute approximate surface area is 186 Å². The van der Waals surface area contributed by atoms with Crippen molar-refractivity contribution >= 4 is 28.4 Å². The van der Waals surface area contributed by atoms with Gasteiger partial charge in [0, 0.05) is 47.5 Å². The molecule has 1 aliphatic heterocycles. The minimum absolute atomic E-state index is 0.128. The van der Waals surface area contributed by atoms with Crippen LogP contribution in [0.4, 0.5) is 16.2 Å². The highest BCUT2D eigenvalue weighted by Gasteiger charge is 2.25. The molecule has 1 fully saturated rings. The number of carbonyl (C=O) groups is 1. The molecular weight excluding hydrogens is 404 g/mol. The number of hydrogen-bond acceptors (Lipinski definition) is 6. The second-order valence-electron chi connectivity index (χ2n) is 8.15. The number of ether oxygens (including phenoxy) is 1. The summed E-state index contributed by atoms with van der Waals surface area (Å²) in [5.74, 6) is 1.20. The Kier molecular flexibility index (Phi) is 5.23. The molecule has 1 saturated heterocycles. The third kappa shape index (κ3) is 4.14. The molecule has 1 atom stereocenters. The van der Waals surface area contributed by atoms with Gasteiger partial charge in [-0.1, -0.05) is 30.3 Å². The van der Waals surface area contributed by atoms with E-state index in [9.17, 15) is 4.79 Å². The summed E-state index contributed by atoms with van der Waals surface area (Å²) < 4.78 is 10.1. The standard InChI is InChI=1S/C25H24N4O3/c1-16-12-23(29-11-10-19(15-29)18-6-4-3-5-7-18)21-14-20(8-9-22(21)26-16)27-25(30)31-24-13-17(2)32-28-24/h3-9,12-14,19H,10-11,15H2,1-2H3,(H,27,30). The molecule has 7 heteroatoms. The van der Waals surface area contributed by atoms with Gasteiger partial charge < -0.3 is 14.2 Å². The lowest BCUT2D eigenvalue weighted by atomic mass is 9.99. The molecule has 3 heterocycles. The van der Waals surface area contributed by atoms with E-state index >= 15 is 0 Å². The van der Waals surface area contributed by atoms with Crippen LogP contribution < -0.4 is 15.0 Å². The van der Waals surface area contributed by atoms with Crippen molar-refractivity contribution < 1.29 is 14.1 Å². The SMILES string of the molecule is Cc1cc(N2CCC(c3ccccc3)C2)c2cc(NC(=O)Oc3cc(C)on3)ccc2n1. The molecule has 7 nitrogen and oxygen atoms in total. The molecule has 2 aromatic heterocycles. The molecule has 0 aliphatic carbocycles. The Morgan fingerprint density at radius 1 is 1.12 bits per heavy atom. The molecular formula is C25H24N4O3. The maximum absolute atomic E-state index is 12.3. The monoisotopic (exact) mass is 428 g/mol. The molecule has 162 valence electrons. The largest absolute Gasteiger partial charge is 0.418 e. The van der Waals surface area contributed by atoms with E-state index in [4.69, 9.17) is 9.26 Å². The third-order valence-electron chi connectivity index (χ3n) is 5.76. The van der Waals surface area contributed by atoms with Gasteiger partial charge in [-0.2, -0.15) is 0 Å². The Bertz CT molecular complexity index is 1270. The number of aromatic nitrogens is 2. The summed E-state index contributed by atoms with van der Waals surface area (Å²) in [6.45, 7) is 5.67. The van der Waals surface area contributed by atoms with E-state index in [1.807, 2.05) is 25.1 Å². The predicted molar refractivity (Wildman–Crippen MR) is 123 cm³/mol. The number of fused-ring (bicyclic) bond motifs is 1. The highest BCUT2D eigenvalue weighted by Crippen LogP contribution is 2.35. The lowest BCUT2D eigenvalue weighted by molar-refractivity contribution is 0.210. The maximum atomic E-state index is 12.3. The van der Waals surface area contributed by atoms with Crippen LogP contribution in [0, 0.1) is 13.8 Å². The van der Waals surface area contributed by atoms with Gasteiger partial charge >= 0.3 is 6.09 Å². The number of nitrogens with one attached hydrogen (secondary N) is 1. The molecule has 1 unspecified atom stereocenters. The summed E-state index contributed by atoms with van der Waals surface area (Å²) in [7, 11) is 0. The number of pyridine rings is 1. The Hall–Kier alpha value is -3.87. The van der Waals surface area contributed by atoms with Gasteiger partial charge in [0.1, 0.15) is 5.76 Å². The number of amides is 1. The Balaban J connectivity index is 1.40. The summed E-state index contributed by atoms with van der Waals surface area (Å²) in [6.07, 6.45) is 0.485. The van der Waals surface area contributed by atoms with Crippen molar-refractivity contribution in [3.8, 4) is 5.88 Å². The Morgan fingerprint density at radius 3 is 2.75 bits per heavy atom. The lowest BCUT2D eigenvalue weighted by Crippen LogP contribution is -2.20. The van der Waals surface area contributed by atoms with E-state index in [1.165, 1.54) is 5.56 Å². The number of rotatable bonds is 4. The van der Waals surface area contributed by atoms with Crippen LogP contribution in [0.1, 0.15) is 29.4 Å². The van der Waals surface area contributed by atoms with Gasteiger partial charge in [-0.05, 0) is 55.3 Å². The van der Waals surface area contributed by atoms with Crippen LogP contribution in [0.2, 0.25) is 0 Å². The fourth-order valence-electron chi connectivity index (χ4n) is 4.28. The second kappa shape index (κ2) is 8.34. The summed E-state index contributed by atoms with van der Waals surface area (Å²) >= 11 is 0. The van der Waals surface area contributed by atoms with E-state index in [2.05, 4.69) is 56.8 Å². The summed E-state index contributed by atoms with van der Waals surface area (Å²) in [4.78, 5) is 19.4. The first-order chi connectivity index (χ1) is 15.5. The van der Waals surface area contributed by atoms with Crippen molar-refractivity contribution in [2.45, 2.75) is 26.2 Å². The van der Waals surface area contributed by atoms with Crippen molar-refractivity contribution in [1.82, 2.24) is 10.1 Å². The molecule has 4 aromatic rings. The average molecular weight is 428 g/mol. The molecule has 5 rings (SSSR count). The van der Waals surface area contributed by atoms with Crippen LogP contribution in [-0.4, -0.2) is 29.3 Å². The normalized spacial score (nSPS) is 15.8. The first-order valence-electron chi connectivity index (χ1n) is 10.7. The molecule has 2 aromatic carbocycles. The summed E-state index contributed by atoms with van der Waals surface area (Å²) in [5.41, 5.74) is 5.01. The van der Waals surface area contributed by atoms with Gasteiger partial charge in [-0.15, -0.1) is 0 Å².